The van der Waals surface area contributed by atoms with Crippen molar-refractivity contribution in [2.75, 3.05) is 4.90 Å². The highest BCUT2D eigenvalue weighted by Crippen LogP contribution is 2.43. The van der Waals surface area contributed by atoms with Crippen molar-refractivity contribution < 1.29 is 11.3 Å². The molecule has 0 aliphatic rings. The van der Waals surface area contributed by atoms with Crippen molar-refractivity contribution in [1.82, 2.24) is 4.57 Å². The van der Waals surface area contributed by atoms with Crippen LogP contribution in [-0.4, -0.2) is 4.57 Å². The van der Waals surface area contributed by atoms with E-state index >= 15 is 0 Å². The molecule has 0 bridgehead atoms. The molecular weight excluding hydrogens is 693 g/mol. The van der Waals surface area contributed by atoms with Crippen molar-refractivity contribution in [3.8, 4) is 39.1 Å². The predicted molar refractivity (Wildman–Crippen MR) is 239 cm³/mol. The van der Waals surface area contributed by atoms with Gasteiger partial charge in [0.15, 0.2) is 5.58 Å². The van der Waals surface area contributed by atoms with Gasteiger partial charge in [0, 0.05) is 38.5 Å². The van der Waals surface area contributed by atoms with Crippen molar-refractivity contribution >= 4 is 60.8 Å². The van der Waals surface area contributed by atoms with Gasteiger partial charge in [0.25, 0.3) is 0 Å². The van der Waals surface area contributed by atoms with Gasteiger partial charge in [-0.2, -0.15) is 0 Å². The lowest BCUT2D eigenvalue weighted by Crippen LogP contribution is -2.10. The molecule has 11 aromatic rings. The normalized spacial score (nSPS) is 12.7. The number of aromatic nitrogens is 1. The number of anilines is 3. The van der Waals surface area contributed by atoms with E-state index in [9.17, 15) is 0 Å². The molecule has 2 heterocycles. The Morgan fingerprint density at radius 3 is 1.70 bits per heavy atom. The fourth-order valence-corrected chi connectivity index (χ4v) is 8.27. The highest BCUT2D eigenvalue weighted by Gasteiger charge is 2.20. The summed E-state index contributed by atoms with van der Waals surface area (Å²) in [4.78, 5) is 2.14. The summed E-state index contributed by atoms with van der Waals surface area (Å²) >= 11 is 0. The molecule has 9 aromatic carbocycles. The maximum absolute atomic E-state index is 8.58. The van der Waals surface area contributed by atoms with Gasteiger partial charge in [-0.1, -0.05) is 158 Å². The molecule has 0 unspecified atom stereocenters. The van der Waals surface area contributed by atoms with E-state index in [0.29, 0.717) is 5.56 Å². The number of hydrogen-bond donors (Lipinski definition) is 0. The average molecular weight is 734 g/mol. The van der Waals surface area contributed by atoms with E-state index in [1.807, 2.05) is 54.6 Å². The number of nitrogens with zero attached hydrogens (tertiary/aromatic N) is 2. The second-order valence-electron chi connectivity index (χ2n) is 14.1. The van der Waals surface area contributed by atoms with E-state index in [1.54, 1.807) is 0 Å². The van der Waals surface area contributed by atoms with Crippen LogP contribution in [0.15, 0.2) is 223 Å². The third-order valence-electron chi connectivity index (χ3n) is 10.9. The summed E-state index contributed by atoms with van der Waals surface area (Å²) < 4.78 is 50.6. The average Bonchev–Trinajstić information content (AvgIpc) is 3.88. The van der Waals surface area contributed by atoms with Crippen LogP contribution in [0, 0.1) is 0 Å². The zero-order chi connectivity index (χ0) is 42.1. The number of fused-ring (bicyclic) bond motifs is 6. The summed E-state index contributed by atoms with van der Waals surface area (Å²) in [6.45, 7) is 0. The number of furan rings is 1. The molecule has 0 saturated heterocycles. The van der Waals surface area contributed by atoms with Gasteiger partial charge < -0.3 is 13.9 Å². The van der Waals surface area contributed by atoms with Crippen molar-refractivity contribution in [2.45, 2.75) is 0 Å². The zero-order valence-electron chi connectivity index (χ0n) is 35.7. The molecule has 0 fully saturated rings. The summed E-state index contributed by atoms with van der Waals surface area (Å²) in [5.74, 6) is 0. The van der Waals surface area contributed by atoms with Crippen LogP contribution in [0.3, 0.4) is 0 Å². The van der Waals surface area contributed by atoms with E-state index < -0.39 is 6.04 Å². The van der Waals surface area contributed by atoms with Crippen molar-refractivity contribution in [2.24, 2.45) is 0 Å². The Kier molecular flexibility index (Phi) is 6.65. The van der Waals surface area contributed by atoms with E-state index in [1.165, 1.54) is 21.8 Å². The topological polar surface area (TPSA) is 21.3 Å². The Balaban J connectivity index is 1.01. The molecule has 0 radical (unpaired) electrons. The highest BCUT2D eigenvalue weighted by atomic mass is 16.3. The van der Waals surface area contributed by atoms with Gasteiger partial charge in [0.2, 0.25) is 0 Å². The molecule has 3 nitrogen and oxygen atoms in total. The van der Waals surface area contributed by atoms with Gasteiger partial charge in [0.1, 0.15) is 5.58 Å². The molecule has 0 aliphatic carbocycles. The Bertz CT molecular complexity index is 3450. The first-order chi connectivity index (χ1) is 30.4. The summed E-state index contributed by atoms with van der Waals surface area (Å²) in [6, 6.07) is 63.0. The predicted octanol–water partition coefficient (Wildman–Crippen LogP) is 15.2. The van der Waals surface area contributed by atoms with Crippen LogP contribution in [0.5, 0.6) is 0 Å². The van der Waals surface area contributed by atoms with Crippen LogP contribution in [0.1, 0.15) is 6.85 Å². The molecule has 3 heteroatoms. The van der Waals surface area contributed by atoms with Crippen LogP contribution in [0.4, 0.5) is 17.1 Å². The molecule has 2 aromatic heterocycles. The summed E-state index contributed by atoms with van der Waals surface area (Å²) in [5, 5.41) is 4.47. The van der Waals surface area contributed by atoms with Gasteiger partial charge in [-0.05, 0) is 88.5 Å². The minimum atomic E-state index is -0.412. The lowest BCUT2D eigenvalue weighted by Gasteiger charge is -2.26. The van der Waals surface area contributed by atoms with Crippen LogP contribution in [0.2, 0.25) is 0 Å². The van der Waals surface area contributed by atoms with Gasteiger partial charge >= 0.3 is 0 Å². The molecule has 0 N–H and O–H groups in total. The van der Waals surface area contributed by atoms with E-state index in [0.717, 1.165) is 66.9 Å². The van der Waals surface area contributed by atoms with Gasteiger partial charge in [-0.15, -0.1) is 0 Å². The zero-order valence-corrected chi connectivity index (χ0v) is 30.7. The standard InChI is InChI=1S/C54H36N2O/c1-2-14-37(15-3-1)38-28-32-42(33-29-38)55(52-26-13-22-48-47-21-7-11-27-53(47)57-54(48)52)43-34-30-39(31-35-43)40-16-12-17-41(36-40)44-18-4-8-23-49(44)56-50-24-9-5-19-45(50)46-20-6-10-25-51(46)56/h1-36H/i1D,2D,3D,14D,15D. The van der Waals surface area contributed by atoms with Gasteiger partial charge in [0.05, 0.1) is 29.3 Å². The molecule has 0 saturated carbocycles. The third kappa shape index (κ3) is 5.60. The molecule has 0 atom stereocenters. The van der Waals surface area contributed by atoms with Gasteiger partial charge in [-0.3, -0.25) is 0 Å². The van der Waals surface area contributed by atoms with Crippen LogP contribution in [0.25, 0.3) is 82.8 Å². The molecule has 0 spiro atoms. The first kappa shape index (κ1) is 27.9. The third-order valence-corrected chi connectivity index (χ3v) is 10.9. The smallest absolute Gasteiger partial charge is 0.159 e. The number of rotatable bonds is 7. The maximum atomic E-state index is 8.58. The quantitative estimate of drug-likeness (QED) is 0.163. The minimum absolute atomic E-state index is 0.165. The van der Waals surface area contributed by atoms with E-state index in [2.05, 4.69) is 143 Å². The fourth-order valence-electron chi connectivity index (χ4n) is 8.27. The Morgan fingerprint density at radius 2 is 0.982 bits per heavy atom. The molecule has 0 aliphatic heterocycles. The molecular formula is C54H36N2O. The molecule has 0 amide bonds. The fraction of sp³-hybridized carbons (Fsp3) is 0. The summed E-state index contributed by atoms with van der Waals surface area (Å²) in [6.07, 6.45) is 0. The Labute approximate surface area is 337 Å². The van der Waals surface area contributed by atoms with Crippen LogP contribution < -0.4 is 4.90 Å². The molecule has 11 rings (SSSR count). The Hall–Kier alpha value is -7.62. The Morgan fingerprint density at radius 1 is 0.421 bits per heavy atom. The monoisotopic (exact) mass is 733 g/mol. The second-order valence-corrected chi connectivity index (χ2v) is 14.1. The second kappa shape index (κ2) is 13.6. The lowest BCUT2D eigenvalue weighted by atomic mass is 9.97. The number of para-hydroxylation sites is 5. The SMILES string of the molecule is [2H]c1c([2H])c([2H])c(-c2ccc(N(c3ccc(-c4cccc(-c5ccccc5-n5c6ccccc6c6ccccc65)c4)cc3)c3cccc4c3oc3ccccc34)cc2)c([2H])c1[2H]. The number of benzene rings is 9. The van der Waals surface area contributed by atoms with E-state index in [-0.39, 0.29) is 29.7 Å². The number of hydrogen-bond acceptors (Lipinski definition) is 2. The molecule has 57 heavy (non-hydrogen) atoms. The van der Waals surface area contributed by atoms with Crippen LogP contribution in [-0.2, 0) is 0 Å². The first-order valence-electron chi connectivity index (χ1n) is 21.5. The van der Waals surface area contributed by atoms with Crippen molar-refractivity contribution in [3.05, 3.63) is 218 Å². The molecule has 268 valence electrons. The van der Waals surface area contributed by atoms with Crippen molar-refractivity contribution in [1.29, 1.82) is 0 Å². The van der Waals surface area contributed by atoms with Crippen LogP contribution >= 0.6 is 0 Å². The summed E-state index contributed by atoms with van der Waals surface area (Å²) in [7, 11) is 0. The maximum Gasteiger partial charge on any atom is 0.159 e. The highest BCUT2D eigenvalue weighted by molar-refractivity contribution is 6.11. The summed E-state index contributed by atoms with van der Waals surface area (Å²) in [5.41, 5.74) is 12.6. The first-order valence-corrected chi connectivity index (χ1v) is 19.0. The largest absolute Gasteiger partial charge is 0.454 e. The van der Waals surface area contributed by atoms with Gasteiger partial charge in [-0.25, -0.2) is 0 Å². The van der Waals surface area contributed by atoms with E-state index in [4.69, 9.17) is 11.3 Å². The van der Waals surface area contributed by atoms with Crippen molar-refractivity contribution in [3.63, 3.8) is 0 Å². The lowest BCUT2D eigenvalue weighted by molar-refractivity contribution is 0.669. The minimum Gasteiger partial charge on any atom is -0.454 e.